The maximum atomic E-state index is 12.6. The van der Waals surface area contributed by atoms with Crippen LogP contribution in [0.3, 0.4) is 0 Å². The Morgan fingerprint density at radius 2 is 1.61 bits per heavy atom. The minimum atomic E-state index is -0.320. The Morgan fingerprint density at radius 3 is 2.25 bits per heavy atom. The molecule has 2 N–H and O–H groups in total. The lowest BCUT2D eigenvalue weighted by Crippen LogP contribution is -2.32. The third kappa shape index (κ3) is 5.26. The number of carbonyl (C=O) groups is 2. The summed E-state index contributed by atoms with van der Waals surface area (Å²) in [5.41, 5.74) is 2.14. The largest absolute Gasteiger partial charge is 0.339 e. The standard InChI is InChI=1S/C22H26ClN3O2/c1-16(19-8-4-5-9-20(19)23)24-22(28)25-18-12-10-17(11-13-18)21(27)26-14-6-2-3-7-15-26/h4-5,8-13,16H,2-3,6-7,14-15H2,1H3,(H2,24,25,28). The van der Waals surface area contributed by atoms with Crippen molar-refractivity contribution in [2.75, 3.05) is 18.4 Å². The van der Waals surface area contributed by atoms with E-state index in [0.717, 1.165) is 31.5 Å². The van der Waals surface area contributed by atoms with Gasteiger partial charge in [-0.05, 0) is 55.7 Å². The number of carbonyl (C=O) groups excluding carboxylic acids is 2. The first-order valence-electron chi connectivity index (χ1n) is 9.76. The lowest BCUT2D eigenvalue weighted by atomic mass is 10.1. The number of nitrogens with zero attached hydrogens (tertiary/aromatic N) is 1. The van der Waals surface area contributed by atoms with Crippen LogP contribution >= 0.6 is 11.6 Å². The second-order valence-corrected chi connectivity index (χ2v) is 7.53. The SMILES string of the molecule is CC(NC(=O)Nc1ccc(C(=O)N2CCCCCC2)cc1)c1ccccc1Cl. The van der Waals surface area contributed by atoms with Crippen molar-refractivity contribution in [3.05, 3.63) is 64.7 Å². The molecule has 0 bridgehead atoms. The lowest BCUT2D eigenvalue weighted by Gasteiger charge is -2.20. The summed E-state index contributed by atoms with van der Waals surface area (Å²) >= 11 is 6.18. The van der Waals surface area contributed by atoms with Gasteiger partial charge in [0.2, 0.25) is 0 Å². The zero-order valence-electron chi connectivity index (χ0n) is 16.1. The van der Waals surface area contributed by atoms with Crippen LogP contribution in [0, 0.1) is 0 Å². The van der Waals surface area contributed by atoms with Gasteiger partial charge in [0.25, 0.3) is 5.91 Å². The summed E-state index contributed by atoms with van der Waals surface area (Å²) in [7, 11) is 0. The number of anilines is 1. The molecule has 0 saturated carbocycles. The molecule has 3 amide bonds. The van der Waals surface area contributed by atoms with E-state index in [1.165, 1.54) is 12.8 Å². The van der Waals surface area contributed by atoms with Gasteiger partial charge in [0.05, 0.1) is 6.04 Å². The average Bonchev–Trinajstić information content (AvgIpc) is 2.97. The van der Waals surface area contributed by atoms with E-state index >= 15 is 0 Å². The van der Waals surface area contributed by atoms with E-state index in [2.05, 4.69) is 10.6 Å². The van der Waals surface area contributed by atoms with Crippen LogP contribution in [0.25, 0.3) is 0 Å². The van der Waals surface area contributed by atoms with Crippen LogP contribution in [0.5, 0.6) is 0 Å². The summed E-state index contributed by atoms with van der Waals surface area (Å²) in [5.74, 6) is 0.0604. The van der Waals surface area contributed by atoms with Crippen molar-refractivity contribution >= 4 is 29.2 Å². The zero-order chi connectivity index (χ0) is 19.9. The third-order valence-corrected chi connectivity index (χ3v) is 5.35. The van der Waals surface area contributed by atoms with Crippen LogP contribution in [0.4, 0.5) is 10.5 Å². The van der Waals surface area contributed by atoms with Gasteiger partial charge in [0.1, 0.15) is 0 Å². The lowest BCUT2D eigenvalue weighted by molar-refractivity contribution is 0.0761. The highest BCUT2D eigenvalue weighted by molar-refractivity contribution is 6.31. The molecule has 148 valence electrons. The predicted molar refractivity (Wildman–Crippen MR) is 113 cm³/mol. The number of urea groups is 1. The first-order valence-corrected chi connectivity index (χ1v) is 10.1. The summed E-state index contributed by atoms with van der Waals surface area (Å²) < 4.78 is 0. The van der Waals surface area contributed by atoms with Crippen LogP contribution in [0.2, 0.25) is 5.02 Å². The Hall–Kier alpha value is -2.53. The minimum absolute atomic E-state index is 0.0604. The Morgan fingerprint density at radius 1 is 0.964 bits per heavy atom. The number of amides is 3. The molecular weight excluding hydrogens is 374 g/mol. The highest BCUT2D eigenvalue weighted by Gasteiger charge is 2.17. The van der Waals surface area contributed by atoms with Gasteiger partial charge in [-0.1, -0.05) is 42.6 Å². The van der Waals surface area contributed by atoms with E-state index in [4.69, 9.17) is 11.6 Å². The number of hydrogen-bond donors (Lipinski definition) is 2. The molecule has 0 spiro atoms. The fraction of sp³-hybridized carbons (Fsp3) is 0.364. The van der Waals surface area contributed by atoms with Gasteiger partial charge in [-0.2, -0.15) is 0 Å². The normalized spacial score (nSPS) is 15.4. The molecular formula is C22H26ClN3O2. The Labute approximate surface area is 171 Å². The predicted octanol–water partition coefficient (Wildman–Crippen LogP) is 5.24. The van der Waals surface area contributed by atoms with Gasteiger partial charge in [0.15, 0.2) is 0 Å². The van der Waals surface area contributed by atoms with Crippen molar-refractivity contribution in [2.45, 2.75) is 38.6 Å². The van der Waals surface area contributed by atoms with Crippen LogP contribution in [0.15, 0.2) is 48.5 Å². The van der Waals surface area contributed by atoms with Crippen molar-refractivity contribution in [2.24, 2.45) is 0 Å². The van der Waals surface area contributed by atoms with E-state index in [1.807, 2.05) is 30.0 Å². The van der Waals surface area contributed by atoms with Gasteiger partial charge in [-0.15, -0.1) is 0 Å². The molecule has 0 aliphatic carbocycles. The Kier molecular flexibility index (Phi) is 6.93. The van der Waals surface area contributed by atoms with Gasteiger partial charge in [-0.3, -0.25) is 4.79 Å². The highest BCUT2D eigenvalue weighted by Crippen LogP contribution is 2.22. The quantitative estimate of drug-likeness (QED) is 0.738. The molecule has 0 aromatic heterocycles. The van der Waals surface area contributed by atoms with Crippen LogP contribution in [-0.2, 0) is 0 Å². The maximum absolute atomic E-state index is 12.6. The number of nitrogens with one attached hydrogen (secondary N) is 2. The zero-order valence-corrected chi connectivity index (χ0v) is 16.8. The van der Waals surface area contributed by atoms with E-state index in [9.17, 15) is 9.59 Å². The van der Waals surface area contributed by atoms with Crippen molar-refractivity contribution in [3.63, 3.8) is 0 Å². The van der Waals surface area contributed by atoms with Crippen molar-refractivity contribution in [3.8, 4) is 0 Å². The molecule has 1 aliphatic heterocycles. The summed E-state index contributed by atoms with van der Waals surface area (Å²) in [6.07, 6.45) is 4.51. The second kappa shape index (κ2) is 9.60. The molecule has 1 aliphatic rings. The Bertz CT molecular complexity index is 815. The van der Waals surface area contributed by atoms with Gasteiger partial charge < -0.3 is 15.5 Å². The van der Waals surface area contributed by atoms with Gasteiger partial charge in [-0.25, -0.2) is 4.79 Å². The van der Waals surface area contributed by atoms with Crippen molar-refractivity contribution in [1.82, 2.24) is 10.2 Å². The molecule has 2 aromatic rings. The fourth-order valence-corrected chi connectivity index (χ4v) is 3.72. The minimum Gasteiger partial charge on any atom is -0.339 e. The highest BCUT2D eigenvalue weighted by atomic mass is 35.5. The average molecular weight is 400 g/mol. The molecule has 0 radical (unpaired) electrons. The maximum Gasteiger partial charge on any atom is 0.319 e. The molecule has 1 saturated heterocycles. The summed E-state index contributed by atoms with van der Waals surface area (Å²) in [5, 5.41) is 6.29. The van der Waals surface area contributed by atoms with Crippen LogP contribution in [-0.4, -0.2) is 29.9 Å². The van der Waals surface area contributed by atoms with Crippen molar-refractivity contribution in [1.29, 1.82) is 0 Å². The molecule has 1 heterocycles. The molecule has 6 heteroatoms. The monoisotopic (exact) mass is 399 g/mol. The molecule has 5 nitrogen and oxygen atoms in total. The number of benzene rings is 2. The second-order valence-electron chi connectivity index (χ2n) is 7.13. The van der Waals surface area contributed by atoms with E-state index in [-0.39, 0.29) is 18.0 Å². The third-order valence-electron chi connectivity index (χ3n) is 5.00. The Balaban J connectivity index is 1.57. The summed E-state index contributed by atoms with van der Waals surface area (Å²) in [6, 6.07) is 13.9. The van der Waals surface area contributed by atoms with Gasteiger partial charge >= 0.3 is 6.03 Å². The van der Waals surface area contributed by atoms with E-state index in [1.54, 1.807) is 30.3 Å². The fourth-order valence-electron chi connectivity index (χ4n) is 3.42. The molecule has 28 heavy (non-hydrogen) atoms. The van der Waals surface area contributed by atoms with Gasteiger partial charge in [0, 0.05) is 29.4 Å². The number of halogens is 1. The number of rotatable bonds is 4. The number of hydrogen-bond acceptors (Lipinski definition) is 2. The van der Waals surface area contributed by atoms with Crippen LogP contribution < -0.4 is 10.6 Å². The first kappa shape index (κ1) is 20.2. The number of likely N-dealkylation sites (tertiary alicyclic amines) is 1. The molecule has 1 fully saturated rings. The van der Waals surface area contributed by atoms with Crippen LogP contribution in [0.1, 0.15) is 54.6 Å². The van der Waals surface area contributed by atoms with E-state index < -0.39 is 0 Å². The summed E-state index contributed by atoms with van der Waals surface area (Å²) in [6.45, 7) is 3.52. The van der Waals surface area contributed by atoms with E-state index in [0.29, 0.717) is 16.3 Å². The summed E-state index contributed by atoms with van der Waals surface area (Å²) in [4.78, 5) is 26.8. The molecule has 2 aromatic carbocycles. The smallest absolute Gasteiger partial charge is 0.319 e. The molecule has 1 atom stereocenters. The molecule has 3 rings (SSSR count). The van der Waals surface area contributed by atoms with Crippen molar-refractivity contribution < 1.29 is 9.59 Å². The first-order chi connectivity index (χ1) is 13.5. The molecule has 1 unspecified atom stereocenters. The topological polar surface area (TPSA) is 61.4 Å².